The summed E-state index contributed by atoms with van der Waals surface area (Å²) in [5, 5.41) is 11.9. The van der Waals surface area contributed by atoms with Gasteiger partial charge in [-0.15, -0.1) is 0 Å². The topological polar surface area (TPSA) is 78.9 Å². The largest absolute Gasteiger partial charge is 0.481 e. The molecule has 0 aromatic heterocycles. The summed E-state index contributed by atoms with van der Waals surface area (Å²) in [6, 6.07) is 0.0769. The van der Waals surface area contributed by atoms with E-state index in [1.54, 1.807) is 4.90 Å². The van der Waals surface area contributed by atoms with E-state index in [-0.39, 0.29) is 18.0 Å². The third-order valence-electron chi connectivity index (χ3n) is 3.70. The molecule has 18 heavy (non-hydrogen) atoms. The maximum atomic E-state index is 11.9. The number of nitrogens with one attached hydrogen (secondary N) is 1. The van der Waals surface area contributed by atoms with Gasteiger partial charge < -0.3 is 20.1 Å². The van der Waals surface area contributed by atoms with Crippen molar-refractivity contribution >= 4 is 12.0 Å². The third-order valence-corrected chi connectivity index (χ3v) is 3.70. The Kier molecular flexibility index (Phi) is 4.41. The van der Waals surface area contributed by atoms with Gasteiger partial charge in [0.2, 0.25) is 0 Å². The Morgan fingerprint density at radius 3 is 2.28 bits per heavy atom. The minimum Gasteiger partial charge on any atom is -0.481 e. The highest BCUT2D eigenvalue weighted by Crippen LogP contribution is 2.24. The van der Waals surface area contributed by atoms with E-state index in [9.17, 15) is 9.59 Å². The molecule has 6 nitrogen and oxygen atoms in total. The van der Waals surface area contributed by atoms with E-state index in [1.807, 2.05) is 0 Å². The number of aliphatic carboxylic acids is 1. The number of rotatable bonds is 2. The smallest absolute Gasteiger partial charge is 0.317 e. The van der Waals surface area contributed by atoms with Crippen molar-refractivity contribution < 1.29 is 19.4 Å². The van der Waals surface area contributed by atoms with Crippen LogP contribution in [-0.4, -0.2) is 54.4 Å². The van der Waals surface area contributed by atoms with Gasteiger partial charge in [-0.2, -0.15) is 0 Å². The maximum absolute atomic E-state index is 11.9. The van der Waals surface area contributed by atoms with Gasteiger partial charge in [0.25, 0.3) is 0 Å². The molecule has 0 atom stereocenters. The monoisotopic (exact) mass is 256 g/mol. The number of amides is 2. The Bertz CT molecular complexity index is 307. The van der Waals surface area contributed by atoms with Gasteiger partial charge in [0.15, 0.2) is 0 Å². The van der Waals surface area contributed by atoms with Crippen molar-refractivity contribution in [3.05, 3.63) is 0 Å². The molecule has 0 radical (unpaired) electrons. The second kappa shape index (κ2) is 6.04. The van der Waals surface area contributed by atoms with Crippen LogP contribution in [0.25, 0.3) is 0 Å². The first-order valence-electron chi connectivity index (χ1n) is 6.53. The number of carbonyl (C=O) groups is 2. The van der Waals surface area contributed by atoms with Crippen molar-refractivity contribution in [1.29, 1.82) is 0 Å². The van der Waals surface area contributed by atoms with Crippen LogP contribution in [0.4, 0.5) is 4.79 Å². The van der Waals surface area contributed by atoms with E-state index in [0.29, 0.717) is 39.1 Å². The Labute approximate surface area is 106 Å². The summed E-state index contributed by atoms with van der Waals surface area (Å²) in [6.45, 7) is 2.46. The minimum atomic E-state index is -0.715. The lowest BCUT2D eigenvalue weighted by molar-refractivity contribution is -0.142. The highest BCUT2D eigenvalue weighted by atomic mass is 16.5. The van der Waals surface area contributed by atoms with Crippen molar-refractivity contribution in [2.75, 3.05) is 26.3 Å². The number of nitrogens with zero attached hydrogens (tertiary/aromatic N) is 1. The molecule has 0 aromatic rings. The highest BCUT2D eigenvalue weighted by molar-refractivity contribution is 5.74. The number of hydrogen-bond donors (Lipinski definition) is 2. The minimum absolute atomic E-state index is 0.0444. The molecule has 2 aliphatic rings. The Morgan fingerprint density at radius 1 is 1.11 bits per heavy atom. The molecular weight excluding hydrogens is 236 g/mol. The van der Waals surface area contributed by atoms with Crippen LogP contribution in [-0.2, 0) is 9.53 Å². The number of carboxylic acid groups (broad SMARTS) is 1. The summed E-state index contributed by atoms with van der Waals surface area (Å²) in [4.78, 5) is 24.5. The Hall–Kier alpha value is -1.30. The molecule has 2 amide bonds. The standard InChI is InChI=1S/C12H20N2O4/c15-11(16)9-1-3-10(4-2-9)13-12(17)14-5-7-18-8-6-14/h9-10H,1-8H2,(H,13,17)(H,15,16). The van der Waals surface area contributed by atoms with Crippen molar-refractivity contribution in [1.82, 2.24) is 10.2 Å². The van der Waals surface area contributed by atoms with Crippen LogP contribution in [0.3, 0.4) is 0 Å². The first-order valence-corrected chi connectivity index (χ1v) is 6.53. The lowest BCUT2D eigenvalue weighted by Gasteiger charge is -2.31. The fourth-order valence-electron chi connectivity index (χ4n) is 2.52. The molecule has 2 N–H and O–H groups in total. The molecule has 0 aromatic carbocycles. The number of carbonyl (C=O) groups excluding carboxylic acids is 1. The number of carboxylic acids is 1. The van der Waals surface area contributed by atoms with Gasteiger partial charge in [-0.25, -0.2) is 4.79 Å². The molecule has 1 aliphatic carbocycles. The Balaban J connectivity index is 1.73. The summed E-state index contributed by atoms with van der Waals surface area (Å²) in [6.07, 6.45) is 2.83. The molecule has 1 heterocycles. The van der Waals surface area contributed by atoms with E-state index >= 15 is 0 Å². The average Bonchev–Trinajstić information content (AvgIpc) is 2.40. The SMILES string of the molecule is O=C(O)C1CCC(NC(=O)N2CCOCC2)CC1. The second-order valence-corrected chi connectivity index (χ2v) is 4.94. The van der Waals surface area contributed by atoms with E-state index in [0.717, 1.165) is 12.8 Å². The van der Waals surface area contributed by atoms with Gasteiger partial charge in [-0.05, 0) is 25.7 Å². The number of hydrogen-bond acceptors (Lipinski definition) is 3. The van der Waals surface area contributed by atoms with Crippen LogP contribution in [0.2, 0.25) is 0 Å². The summed E-state index contributed by atoms with van der Waals surface area (Å²) in [5.74, 6) is -0.950. The second-order valence-electron chi connectivity index (χ2n) is 4.94. The zero-order valence-corrected chi connectivity index (χ0v) is 10.4. The van der Waals surface area contributed by atoms with Crippen LogP contribution in [0.1, 0.15) is 25.7 Å². The molecule has 1 aliphatic heterocycles. The van der Waals surface area contributed by atoms with Gasteiger partial charge in [0, 0.05) is 19.1 Å². The fourth-order valence-corrected chi connectivity index (χ4v) is 2.52. The molecule has 2 rings (SSSR count). The molecule has 0 bridgehead atoms. The van der Waals surface area contributed by atoms with Crippen molar-refractivity contribution in [2.45, 2.75) is 31.7 Å². The molecule has 0 unspecified atom stereocenters. The van der Waals surface area contributed by atoms with E-state index in [2.05, 4.69) is 5.32 Å². The first-order chi connectivity index (χ1) is 8.66. The summed E-state index contributed by atoms with van der Waals surface area (Å²) >= 11 is 0. The molecule has 102 valence electrons. The summed E-state index contributed by atoms with van der Waals surface area (Å²) in [7, 11) is 0. The van der Waals surface area contributed by atoms with Gasteiger partial charge >= 0.3 is 12.0 Å². The van der Waals surface area contributed by atoms with E-state index in [1.165, 1.54) is 0 Å². The quantitative estimate of drug-likeness (QED) is 0.761. The molecule has 6 heteroatoms. The molecular formula is C12H20N2O4. The van der Waals surface area contributed by atoms with Crippen molar-refractivity contribution in [3.63, 3.8) is 0 Å². The lowest BCUT2D eigenvalue weighted by Crippen LogP contribution is -2.50. The van der Waals surface area contributed by atoms with Crippen LogP contribution in [0.15, 0.2) is 0 Å². The van der Waals surface area contributed by atoms with Crippen LogP contribution in [0, 0.1) is 5.92 Å². The normalized spacial score (nSPS) is 28.8. The number of ether oxygens (including phenoxy) is 1. The lowest BCUT2D eigenvalue weighted by atomic mass is 9.86. The Morgan fingerprint density at radius 2 is 1.72 bits per heavy atom. The van der Waals surface area contributed by atoms with E-state index in [4.69, 9.17) is 9.84 Å². The van der Waals surface area contributed by atoms with Crippen molar-refractivity contribution in [2.24, 2.45) is 5.92 Å². The molecule has 1 saturated heterocycles. The van der Waals surface area contributed by atoms with Gasteiger partial charge in [0.05, 0.1) is 19.1 Å². The fraction of sp³-hybridized carbons (Fsp3) is 0.833. The summed E-state index contributed by atoms with van der Waals surface area (Å²) < 4.78 is 5.19. The number of urea groups is 1. The molecule has 1 saturated carbocycles. The highest BCUT2D eigenvalue weighted by Gasteiger charge is 2.28. The molecule has 0 spiro atoms. The number of morpholine rings is 1. The van der Waals surface area contributed by atoms with E-state index < -0.39 is 5.97 Å². The van der Waals surface area contributed by atoms with Crippen LogP contribution >= 0.6 is 0 Å². The first kappa shape index (κ1) is 13.1. The zero-order valence-electron chi connectivity index (χ0n) is 10.4. The predicted octanol–water partition coefficient (Wildman–Crippen LogP) is 0.672. The zero-order chi connectivity index (χ0) is 13.0. The van der Waals surface area contributed by atoms with Crippen LogP contribution < -0.4 is 5.32 Å². The summed E-state index contributed by atoms with van der Waals surface area (Å²) in [5.41, 5.74) is 0. The predicted molar refractivity (Wildman–Crippen MR) is 64.3 cm³/mol. The third kappa shape index (κ3) is 3.35. The maximum Gasteiger partial charge on any atom is 0.317 e. The van der Waals surface area contributed by atoms with Gasteiger partial charge in [-0.1, -0.05) is 0 Å². The van der Waals surface area contributed by atoms with Gasteiger partial charge in [0.1, 0.15) is 0 Å². The average molecular weight is 256 g/mol. The molecule has 2 fully saturated rings. The van der Waals surface area contributed by atoms with Crippen LogP contribution in [0.5, 0.6) is 0 Å². The van der Waals surface area contributed by atoms with Gasteiger partial charge in [-0.3, -0.25) is 4.79 Å². The van der Waals surface area contributed by atoms with Crippen molar-refractivity contribution in [3.8, 4) is 0 Å².